The lowest BCUT2D eigenvalue weighted by Gasteiger charge is -2.25. The molecule has 0 aliphatic heterocycles. The maximum absolute atomic E-state index is 5.73. The van der Waals surface area contributed by atoms with Gasteiger partial charge in [-0.05, 0) is 43.9 Å². The average molecular weight is 220 g/mol. The van der Waals surface area contributed by atoms with Crippen LogP contribution in [-0.2, 0) is 0 Å². The number of nitrogens with two attached hydrogens (primary N) is 1. The van der Waals surface area contributed by atoms with Crippen LogP contribution >= 0.6 is 0 Å². The van der Waals surface area contributed by atoms with Crippen LogP contribution in [0.1, 0.15) is 30.5 Å². The molecule has 0 atom stereocenters. The van der Waals surface area contributed by atoms with E-state index in [1.807, 2.05) is 0 Å². The molecule has 0 heterocycles. The van der Waals surface area contributed by atoms with Gasteiger partial charge in [0, 0.05) is 12.2 Å². The fourth-order valence-corrected chi connectivity index (χ4v) is 1.86. The van der Waals surface area contributed by atoms with Gasteiger partial charge in [0.05, 0.1) is 0 Å². The van der Waals surface area contributed by atoms with Crippen LogP contribution in [0, 0.1) is 26.2 Å². The second-order valence-electron chi connectivity index (χ2n) is 5.50. The van der Waals surface area contributed by atoms with Crippen molar-refractivity contribution in [1.82, 2.24) is 0 Å². The zero-order chi connectivity index (χ0) is 12.3. The number of hydrogen-bond acceptors (Lipinski definition) is 2. The molecule has 3 N–H and O–H groups in total. The molecule has 0 aromatic heterocycles. The van der Waals surface area contributed by atoms with Crippen molar-refractivity contribution in [3.05, 3.63) is 28.8 Å². The van der Waals surface area contributed by atoms with Crippen LogP contribution in [0.2, 0.25) is 0 Å². The van der Waals surface area contributed by atoms with Crippen molar-refractivity contribution in [1.29, 1.82) is 0 Å². The Labute approximate surface area is 99.2 Å². The van der Waals surface area contributed by atoms with Crippen molar-refractivity contribution in [2.24, 2.45) is 11.1 Å². The summed E-state index contributed by atoms with van der Waals surface area (Å²) < 4.78 is 0. The van der Waals surface area contributed by atoms with Gasteiger partial charge in [0.1, 0.15) is 0 Å². The summed E-state index contributed by atoms with van der Waals surface area (Å²) >= 11 is 0. The lowest BCUT2D eigenvalue weighted by atomic mass is 9.93. The number of rotatable bonds is 4. The normalized spacial score (nSPS) is 11.6. The van der Waals surface area contributed by atoms with Crippen LogP contribution in [-0.4, -0.2) is 13.1 Å². The molecule has 2 nitrogen and oxygen atoms in total. The highest BCUT2D eigenvalue weighted by Crippen LogP contribution is 2.23. The summed E-state index contributed by atoms with van der Waals surface area (Å²) in [5.74, 6) is 0. The first-order valence-corrected chi connectivity index (χ1v) is 5.87. The van der Waals surface area contributed by atoms with E-state index in [0.717, 1.165) is 6.54 Å². The first kappa shape index (κ1) is 13.0. The van der Waals surface area contributed by atoms with Gasteiger partial charge in [-0.15, -0.1) is 0 Å². The van der Waals surface area contributed by atoms with E-state index in [-0.39, 0.29) is 5.41 Å². The molecular formula is C14H24N2. The molecule has 0 saturated heterocycles. The smallest absolute Gasteiger partial charge is 0.0399 e. The Balaban J connectivity index is 2.82. The minimum atomic E-state index is 0.143. The highest BCUT2D eigenvalue weighted by Gasteiger charge is 2.15. The number of nitrogens with one attached hydrogen (secondary N) is 1. The fourth-order valence-electron chi connectivity index (χ4n) is 1.86. The van der Waals surface area contributed by atoms with Crippen LogP contribution in [0.15, 0.2) is 12.1 Å². The molecule has 1 aromatic rings. The van der Waals surface area contributed by atoms with E-state index in [2.05, 4.69) is 52.1 Å². The summed E-state index contributed by atoms with van der Waals surface area (Å²) in [4.78, 5) is 0. The molecule has 90 valence electrons. The first-order chi connectivity index (χ1) is 7.35. The van der Waals surface area contributed by atoms with Crippen LogP contribution in [0.25, 0.3) is 0 Å². The van der Waals surface area contributed by atoms with Gasteiger partial charge in [-0.3, -0.25) is 0 Å². The molecule has 0 radical (unpaired) electrons. The van der Waals surface area contributed by atoms with Gasteiger partial charge >= 0.3 is 0 Å². The standard InChI is InChI=1S/C14H24N2/c1-10-6-11(2)13(12(3)7-10)16-9-14(4,5)8-15/h6-7,16H,8-9,15H2,1-5H3. The van der Waals surface area contributed by atoms with Crippen LogP contribution in [0.5, 0.6) is 0 Å². The van der Waals surface area contributed by atoms with Crippen molar-refractivity contribution in [3.63, 3.8) is 0 Å². The Morgan fingerprint density at radius 1 is 1.12 bits per heavy atom. The second-order valence-corrected chi connectivity index (χ2v) is 5.50. The number of hydrogen-bond donors (Lipinski definition) is 2. The number of benzene rings is 1. The third kappa shape index (κ3) is 3.24. The van der Waals surface area contributed by atoms with Crippen molar-refractivity contribution in [2.75, 3.05) is 18.4 Å². The molecular weight excluding hydrogens is 196 g/mol. The molecule has 2 heteroatoms. The third-order valence-electron chi connectivity index (χ3n) is 2.97. The fraction of sp³-hybridized carbons (Fsp3) is 0.571. The average Bonchev–Trinajstić information content (AvgIpc) is 2.16. The Bertz CT molecular complexity index is 344. The summed E-state index contributed by atoms with van der Waals surface area (Å²) in [6.45, 7) is 12.4. The van der Waals surface area contributed by atoms with E-state index < -0.39 is 0 Å². The SMILES string of the molecule is Cc1cc(C)c(NCC(C)(C)CN)c(C)c1. The molecule has 0 fully saturated rings. The Morgan fingerprint density at radius 3 is 2.06 bits per heavy atom. The van der Waals surface area contributed by atoms with E-state index in [1.165, 1.54) is 22.4 Å². The second kappa shape index (κ2) is 4.88. The monoisotopic (exact) mass is 220 g/mol. The molecule has 0 amide bonds. The summed E-state index contributed by atoms with van der Waals surface area (Å²) in [5.41, 5.74) is 11.1. The molecule has 0 unspecified atom stereocenters. The third-order valence-corrected chi connectivity index (χ3v) is 2.97. The quantitative estimate of drug-likeness (QED) is 0.818. The molecule has 0 aliphatic carbocycles. The van der Waals surface area contributed by atoms with E-state index in [4.69, 9.17) is 5.73 Å². The van der Waals surface area contributed by atoms with E-state index in [9.17, 15) is 0 Å². The minimum absolute atomic E-state index is 0.143. The molecule has 16 heavy (non-hydrogen) atoms. The Morgan fingerprint density at radius 2 is 1.62 bits per heavy atom. The predicted octanol–water partition coefficient (Wildman–Crippen LogP) is 3.01. The van der Waals surface area contributed by atoms with Crippen LogP contribution in [0.3, 0.4) is 0 Å². The summed E-state index contributed by atoms with van der Waals surface area (Å²) in [6, 6.07) is 4.43. The van der Waals surface area contributed by atoms with Crippen LogP contribution in [0.4, 0.5) is 5.69 Å². The highest BCUT2D eigenvalue weighted by atomic mass is 14.9. The zero-order valence-electron chi connectivity index (χ0n) is 11.1. The van der Waals surface area contributed by atoms with Crippen molar-refractivity contribution >= 4 is 5.69 Å². The highest BCUT2D eigenvalue weighted by molar-refractivity contribution is 5.58. The van der Waals surface area contributed by atoms with Crippen molar-refractivity contribution < 1.29 is 0 Å². The molecule has 0 bridgehead atoms. The van der Waals surface area contributed by atoms with E-state index in [0.29, 0.717) is 6.54 Å². The van der Waals surface area contributed by atoms with Gasteiger partial charge in [-0.1, -0.05) is 31.5 Å². The number of anilines is 1. The van der Waals surface area contributed by atoms with Gasteiger partial charge in [-0.25, -0.2) is 0 Å². The zero-order valence-corrected chi connectivity index (χ0v) is 11.1. The molecule has 0 aliphatic rings. The van der Waals surface area contributed by atoms with Gasteiger partial charge in [0.25, 0.3) is 0 Å². The van der Waals surface area contributed by atoms with Crippen molar-refractivity contribution in [3.8, 4) is 0 Å². The topological polar surface area (TPSA) is 38.0 Å². The van der Waals surface area contributed by atoms with Crippen LogP contribution < -0.4 is 11.1 Å². The minimum Gasteiger partial charge on any atom is -0.384 e. The molecule has 1 aromatic carbocycles. The summed E-state index contributed by atoms with van der Waals surface area (Å²) in [7, 11) is 0. The molecule has 1 rings (SSSR count). The van der Waals surface area contributed by atoms with Gasteiger partial charge in [0.2, 0.25) is 0 Å². The van der Waals surface area contributed by atoms with Gasteiger partial charge in [0.15, 0.2) is 0 Å². The van der Waals surface area contributed by atoms with Gasteiger partial charge in [-0.2, -0.15) is 0 Å². The Hall–Kier alpha value is -1.02. The Kier molecular flexibility index (Phi) is 3.98. The first-order valence-electron chi connectivity index (χ1n) is 5.87. The molecule has 0 spiro atoms. The van der Waals surface area contributed by atoms with Crippen molar-refractivity contribution in [2.45, 2.75) is 34.6 Å². The summed E-state index contributed by atoms with van der Waals surface area (Å²) in [5, 5.41) is 3.52. The lowest BCUT2D eigenvalue weighted by Crippen LogP contribution is -2.31. The van der Waals surface area contributed by atoms with E-state index in [1.54, 1.807) is 0 Å². The van der Waals surface area contributed by atoms with E-state index >= 15 is 0 Å². The largest absolute Gasteiger partial charge is 0.384 e. The lowest BCUT2D eigenvalue weighted by molar-refractivity contribution is 0.405. The molecule has 0 saturated carbocycles. The van der Waals surface area contributed by atoms with Gasteiger partial charge < -0.3 is 11.1 Å². The maximum Gasteiger partial charge on any atom is 0.0399 e. The number of aryl methyl sites for hydroxylation is 3. The maximum atomic E-state index is 5.73. The summed E-state index contributed by atoms with van der Waals surface area (Å²) in [6.07, 6.45) is 0. The predicted molar refractivity (Wildman–Crippen MR) is 72.0 cm³/mol.